The summed E-state index contributed by atoms with van der Waals surface area (Å²) in [6, 6.07) is 12.0. The van der Waals surface area contributed by atoms with Crippen molar-refractivity contribution in [1.82, 2.24) is 4.98 Å². The molecule has 0 fully saturated rings. The third-order valence-corrected chi connectivity index (χ3v) is 4.63. The number of thiazole rings is 1. The van der Waals surface area contributed by atoms with E-state index in [1.807, 2.05) is 19.2 Å². The van der Waals surface area contributed by atoms with Crippen LogP contribution in [-0.2, 0) is 0 Å². The lowest BCUT2D eigenvalue weighted by molar-refractivity contribution is 0.0728. The van der Waals surface area contributed by atoms with E-state index >= 15 is 0 Å². The smallest absolute Gasteiger partial charge is 0.343 e. The number of nitrogens with zero attached hydrogens (tertiary/aromatic N) is 2. The molecule has 2 aromatic carbocycles. The van der Waals surface area contributed by atoms with Crippen LogP contribution in [0.5, 0.6) is 17.2 Å². The van der Waals surface area contributed by atoms with Gasteiger partial charge in [0.1, 0.15) is 5.75 Å². The largest absolute Gasteiger partial charge is 0.497 e. The molecule has 0 saturated heterocycles. The molecule has 1 N–H and O–H groups in total. The average Bonchev–Trinajstić information content (AvgIpc) is 3.15. The third-order valence-electron chi connectivity index (χ3n) is 3.77. The van der Waals surface area contributed by atoms with Crippen LogP contribution in [0.15, 0.2) is 52.9 Å². The van der Waals surface area contributed by atoms with Crippen LogP contribution in [0.4, 0.5) is 5.13 Å². The number of methoxy groups -OCH3 is 1. The highest BCUT2D eigenvalue weighted by Crippen LogP contribution is 2.29. The van der Waals surface area contributed by atoms with Gasteiger partial charge in [-0.15, -0.1) is 11.3 Å². The van der Waals surface area contributed by atoms with Gasteiger partial charge in [0.2, 0.25) is 5.13 Å². The van der Waals surface area contributed by atoms with E-state index in [4.69, 9.17) is 14.2 Å². The molecule has 0 amide bonds. The standard InChI is InChI=1S/C21H21N3O4S/c1-4-27-19-10-15(12-22-24-21-23-14(2)13-29-21)8-9-18(19)28-20(25)16-6-5-7-17(11-16)26-3/h5-13H,4H2,1-3H3,(H,23,24)/b22-12-. The summed E-state index contributed by atoms with van der Waals surface area (Å²) in [6.45, 7) is 4.22. The van der Waals surface area contributed by atoms with Gasteiger partial charge in [0.15, 0.2) is 11.5 Å². The van der Waals surface area contributed by atoms with Crippen molar-refractivity contribution in [3.05, 3.63) is 64.7 Å². The number of hydrogen-bond donors (Lipinski definition) is 1. The molecule has 1 aromatic heterocycles. The first kappa shape index (κ1) is 20.3. The van der Waals surface area contributed by atoms with Gasteiger partial charge in [0.25, 0.3) is 0 Å². The number of esters is 1. The van der Waals surface area contributed by atoms with Crippen LogP contribution in [0.3, 0.4) is 0 Å². The average molecular weight is 411 g/mol. The lowest BCUT2D eigenvalue weighted by Crippen LogP contribution is -2.10. The Hall–Kier alpha value is -3.39. The zero-order valence-electron chi connectivity index (χ0n) is 16.3. The quantitative estimate of drug-likeness (QED) is 0.254. The molecular formula is C21H21N3O4S. The first-order valence-corrected chi connectivity index (χ1v) is 9.81. The number of anilines is 1. The number of aryl methyl sites for hydroxylation is 1. The topological polar surface area (TPSA) is 82.0 Å². The van der Waals surface area contributed by atoms with Crippen LogP contribution in [0.1, 0.15) is 28.5 Å². The zero-order chi connectivity index (χ0) is 20.6. The first-order valence-electron chi connectivity index (χ1n) is 8.93. The molecule has 0 aliphatic carbocycles. The van der Waals surface area contributed by atoms with Gasteiger partial charge in [-0.25, -0.2) is 9.78 Å². The maximum Gasteiger partial charge on any atom is 0.343 e. The Labute approximate surface area is 173 Å². The van der Waals surface area contributed by atoms with Crippen molar-refractivity contribution < 1.29 is 19.0 Å². The molecule has 0 saturated carbocycles. The van der Waals surface area contributed by atoms with E-state index < -0.39 is 5.97 Å². The Bertz CT molecular complexity index is 1020. The molecule has 0 aliphatic heterocycles. The van der Waals surface area contributed by atoms with Crippen LogP contribution in [0, 0.1) is 6.92 Å². The van der Waals surface area contributed by atoms with Gasteiger partial charge < -0.3 is 14.2 Å². The molecule has 1 heterocycles. The zero-order valence-corrected chi connectivity index (χ0v) is 17.2. The summed E-state index contributed by atoms with van der Waals surface area (Å²) < 4.78 is 16.3. The van der Waals surface area contributed by atoms with E-state index in [0.29, 0.717) is 34.6 Å². The summed E-state index contributed by atoms with van der Waals surface area (Å²) in [5.41, 5.74) is 5.00. The van der Waals surface area contributed by atoms with E-state index in [-0.39, 0.29) is 0 Å². The predicted molar refractivity (Wildman–Crippen MR) is 114 cm³/mol. The number of hydrogen-bond acceptors (Lipinski definition) is 8. The summed E-state index contributed by atoms with van der Waals surface area (Å²) in [5.74, 6) is 0.879. The molecule has 0 spiro atoms. The van der Waals surface area contributed by atoms with Crippen LogP contribution in [0.2, 0.25) is 0 Å². The van der Waals surface area contributed by atoms with E-state index in [2.05, 4.69) is 15.5 Å². The molecule has 29 heavy (non-hydrogen) atoms. The number of aromatic nitrogens is 1. The minimum atomic E-state index is -0.493. The van der Waals surface area contributed by atoms with Crippen molar-refractivity contribution in [3.63, 3.8) is 0 Å². The molecule has 0 aliphatic rings. The van der Waals surface area contributed by atoms with Crippen LogP contribution in [0.25, 0.3) is 0 Å². The summed E-state index contributed by atoms with van der Waals surface area (Å²) in [7, 11) is 1.54. The maximum atomic E-state index is 12.5. The fraction of sp³-hybridized carbons (Fsp3) is 0.190. The highest BCUT2D eigenvalue weighted by atomic mass is 32.1. The molecule has 8 heteroatoms. The Balaban J connectivity index is 1.73. The van der Waals surface area contributed by atoms with Crippen molar-refractivity contribution in [2.45, 2.75) is 13.8 Å². The summed E-state index contributed by atoms with van der Waals surface area (Å²) >= 11 is 1.48. The van der Waals surface area contributed by atoms with Crippen molar-refractivity contribution in [1.29, 1.82) is 0 Å². The number of nitrogens with one attached hydrogen (secondary N) is 1. The van der Waals surface area contributed by atoms with Gasteiger partial charge in [-0.1, -0.05) is 6.07 Å². The molecule has 0 radical (unpaired) electrons. The van der Waals surface area contributed by atoms with Gasteiger partial charge in [0, 0.05) is 5.38 Å². The summed E-state index contributed by atoms with van der Waals surface area (Å²) in [5, 5.41) is 6.84. The second-order valence-corrected chi connectivity index (χ2v) is 6.78. The molecule has 0 bridgehead atoms. The molecule has 0 unspecified atom stereocenters. The molecule has 0 atom stereocenters. The lowest BCUT2D eigenvalue weighted by Gasteiger charge is -2.11. The van der Waals surface area contributed by atoms with Gasteiger partial charge in [0.05, 0.1) is 31.2 Å². The fourth-order valence-electron chi connectivity index (χ4n) is 2.43. The summed E-state index contributed by atoms with van der Waals surface area (Å²) in [4.78, 5) is 16.8. The van der Waals surface area contributed by atoms with Crippen LogP contribution in [-0.4, -0.2) is 30.9 Å². The Kier molecular flexibility index (Phi) is 6.80. The van der Waals surface area contributed by atoms with Crippen molar-refractivity contribution in [2.24, 2.45) is 5.10 Å². The second-order valence-electron chi connectivity index (χ2n) is 5.92. The van der Waals surface area contributed by atoms with Gasteiger partial charge in [-0.2, -0.15) is 5.10 Å². The summed E-state index contributed by atoms with van der Waals surface area (Å²) in [6.07, 6.45) is 1.65. The Morgan fingerprint density at radius 1 is 1.24 bits per heavy atom. The van der Waals surface area contributed by atoms with Gasteiger partial charge >= 0.3 is 5.97 Å². The minimum Gasteiger partial charge on any atom is -0.497 e. The van der Waals surface area contributed by atoms with Crippen LogP contribution >= 0.6 is 11.3 Å². The molecule has 3 rings (SSSR count). The number of benzene rings is 2. The van der Waals surface area contributed by atoms with E-state index in [9.17, 15) is 4.79 Å². The number of ether oxygens (including phenoxy) is 3. The van der Waals surface area contributed by atoms with E-state index in [1.165, 1.54) is 11.3 Å². The number of hydrazone groups is 1. The molecular weight excluding hydrogens is 390 g/mol. The SMILES string of the molecule is CCOc1cc(/C=N\Nc2nc(C)cs2)ccc1OC(=O)c1cccc(OC)c1. The highest BCUT2D eigenvalue weighted by molar-refractivity contribution is 7.13. The third kappa shape index (κ3) is 5.55. The van der Waals surface area contributed by atoms with E-state index in [0.717, 1.165) is 11.3 Å². The Morgan fingerprint density at radius 3 is 2.83 bits per heavy atom. The van der Waals surface area contributed by atoms with Crippen molar-refractivity contribution in [2.75, 3.05) is 19.1 Å². The van der Waals surface area contributed by atoms with E-state index in [1.54, 1.807) is 55.8 Å². The number of rotatable bonds is 8. The molecule has 7 nitrogen and oxygen atoms in total. The van der Waals surface area contributed by atoms with Crippen LogP contribution < -0.4 is 19.6 Å². The highest BCUT2D eigenvalue weighted by Gasteiger charge is 2.14. The minimum absolute atomic E-state index is 0.334. The van der Waals surface area contributed by atoms with Crippen molar-refractivity contribution >= 4 is 28.7 Å². The molecule has 3 aromatic rings. The maximum absolute atomic E-state index is 12.5. The van der Waals surface area contributed by atoms with Gasteiger partial charge in [-0.05, 0) is 55.8 Å². The Morgan fingerprint density at radius 2 is 2.10 bits per heavy atom. The monoisotopic (exact) mass is 411 g/mol. The lowest BCUT2D eigenvalue weighted by atomic mass is 10.2. The number of carbonyl (C=O) groups is 1. The molecule has 150 valence electrons. The predicted octanol–water partition coefficient (Wildman–Crippen LogP) is 4.52. The fourth-order valence-corrected chi connectivity index (χ4v) is 3.07. The normalized spacial score (nSPS) is 10.7. The van der Waals surface area contributed by atoms with Crippen molar-refractivity contribution in [3.8, 4) is 17.2 Å². The number of carbonyl (C=O) groups excluding carboxylic acids is 1. The second kappa shape index (κ2) is 9.70. The first-order chi connectivity index (χ1) is 14.1. The van der Waals surface area contributed by atoms with Gasteiger partial charge in [-0.3, -0.25) is 5.43 Å².